The Kier molecular flexibility index (Phi) is 3.43. The van der Waals surface area contributed by atoms with Gasteiger partial charge in [-0.2, -0.15) is 0 Å². The molecule has 0 fully saturated rings. The number of halogens is 1. The van der Waals surface area contributed by atoms with Gasteiger partial charge in [0.1, 0.15) is 0 Å². The first-order valence-electron chi connectivity index (χ1n) is 3.81. The average Bonchev–Trinajstić information content (AvgIpc) is 2.18. The van der Waals surface area contributed by atoms with Crippen LogP contribution in [0.4, 0.5) is 0 Å². The van der Waals surface area contributed by atoms with Crippen molar-refractivity contribution in [1.82, 2.24) is 14.9 Å². The van der Waals surface area contributed by atoms with Crippen LogP contribution in [0.3, 0.4) is 0 Å². The van der Waals surface area contributed by atoms with E-state index in [1.807, 2.05) is 0 Å². The molecule has 4 nitrogen and oxygen atoms in total. The van der Waals surface area contributed by atoms with E-state index in [-0.39, 0.29) is 17.7 Å². The molecule has 0 aliphatic rings. The number of terminal acetylenes is 1. The van der Waals surface area contributed by atoms with Crippen LogP contribution in [0.5, 0.6) is 0 Å². The summed E-state index contributed by atoms with van der Waals surface area (Å²) in [5.74, 6) is 2.15. The molecule has 0 saturated heterocycles. The number of hydrogen-bond acceptors (Lipinski definition) is 3. The van der Waals surface area contributed by atoms with Crippen LogP contribution in [0.1, 0.15) is 10.4 Å². The predicted octanol–water partition coefficient (Wildman–Crippen LogP) is 0.835. The lowest BCUT2D eigenvalue weighted by atomic mass is 10.3. The normalized spacial score (nSPS) is 9.21. The number of carbonyl (C=O) groups is 1. The second-order valence-electron chi connectivity index (χ2n) is 2.61. The van der Waals surface area contributed by atoms with E-state index in [4.69, 9.17) is 18.0 Å². The first-order chi connectivity index (χ1) is 6.65. The molecule has 0 spiro atoms. The van der Waals surface area contributed by atoms with E-state index in [1.54, 1.807) is 7.05 Å². The van der Waals surface area contributed by atoms with Crippen LogP contribution < -0.4 is 0 Å². The van der Waals surface area contributed by atoms with Gasteiger partial charge < -0.3 is 4.90 Å². The highest BCUT2D eigenvalue weighted by Gasteiger charge is 2.10. The molecule has 0 N–H and O–H groups in total. The minimum Gasteiger partial charge on any atom is -0.330 e. The average molecular weight is 210 g/mol. The number of rotatable bonds is 2. The third-order valence-corrected chi connectivity index (χ3v) is 1.74. The summed E-state index contributed by atoms with van der Waals surface area (Å²) in [5, 5.41) is 0.112. The lowest BCUT2D eigenvalue weighted by Gasteiger charge is -2.12. The molecule has 1 rings (SSSR count). The number of nitrogens with zero attached hydrogens (tertiary/aromatic N) is 3. The first kappa shape index (κ1) is 10.5. The molecule has 1 aromatic rings. The first-order valence-corrected chi connectivity index (χ1v) is 4.19. The molecule has 0 saturated carbocycles. The van der Waals surface area contributed by atoms with Crippen LogP contribution in [0.15, 0.2) is 12.4 Å². The summed E-state index contributed by atoms with van der Waals surface area (Å²) < 4.78 is 0. The molecule has 0 radical (unpaired) electrons. The van der Waals surface area contributed by atoms with Crippen molar-refractivity contribution in [3.8, 4) is 12.3 Å². The molecule has 0 aliphatic carbocycles. The third kappa shape index (κ3) is 2.44. The Morgan fingerprint density at radius 1 is 1.64 bits per heavy atom. The van der Waals surface area contributed by atoms with Crippen LogP contribution in [-0.4, -0.2) is 34.4 Å². The summed E-state index contributed by atoms with van der Waals surface area (Å²) in [6.45, 7) is 0.251. The van der Waals surface area contributed by atoms with Gasteiger partial charge in [-0.05, 0) is 11.6 Å². The van der Waals surface area contributed by atoms with Gasteiger partial charge in [-0.3, -0.25) is 4.79 Å². The van der Waals surface area contributed by atoms with Gasteiger partial charge in [-0.25, -0.2) is 9.97 Å². The van der Waals surface area contributed by atoms with Gasteiger partial charge in [0.25, 0.3) is 5.91 Å². The van der Waals surface area contributed by atoms with Gasteiger partial charge in [-0.1, -0.05) is 5.92 Å². The maximum absolute atomic E-state index is 11.6. The lowest BCUT2D eigenvalue weighted by Crippen LogP contribution is -2.27. The molecular weight excluding hydrogens is 202 g/mol. The number of amides is 1. The van der Waals surface area contributed by atoms with Crippen LogP contribution >= 0.6 is 11.6 Å². The second kappa shape index (κ2) is 4.58. The van der Waals surface area contributed by atoms with E-state index in [0.29, 0.717) is 5.56 Å². The van der Waals surface area contributed by atoms with E-state index < -0.39 is 0 Å². The zero-order valence-electron chi connectivity index (χ0n) is 7.57. The van der Waals surface area contributed by atoms with E-state index in [0.717, 1.165) is 0 Å². The Balaban J connectivity index is 2.80. The van der Waals surface area contributed by atoms with Crippen LogP contribution in [-0.2, 0) is 0 Å². The Labute approximate surface area is 86.9 Å². The molecule has 5 heteroatoms. The van der Waals surface area contributed by atoms with Crippen molar-refractivity contribution in [3.05, 3.63) is 23.2 Å². The SMILES string of the molecule is C#CCN(C)C(=O)c1cnc(Cl)nc1. The largest absolute Gasteiger partial charge is 0.330 e. The van der Waals surface area contributed by atoms with Gasteiger partial charge in [0.05, 0.1) is 12.1 Å². The Morgan fingerprint density at radius 2 is 2.21 bits per heavy atom. The van der Waals surface area contributed by atoms with Crippen LogP contribution in [0.25, 0.3) is 0 Å². The fourth-order valence-electron chi connectivity index (χ4n) is 0.852. The quantitative estimate of drug-likeness (QED) is 0.536. The number of aromatic nitrogens is 2. The Hall–Kier alpha value is -1.60. The summed E-state index contributed by atoms with van der Waals surface area (Å²) in [5.41, 5.74) is 0.368. The third-order valence-electron chi connectivity index (χ3n) is 1.54. The molecule has 0 unspecified atom stereocenters. The highest BCUT2D eigenvalue weighted by Crippen LogP contribution is 2.03. The summed E-state index contributed by atoms with van der Waals surface area (Å²) in [6.07, 6.45) is 7.80. The Bertz CT molecular complexity index is 369. The second-order valence-corrected chi connectivity index (χ2v) is 2.94. The summed E-state index contributed by atoms with van der Waals surface area (Å²) in [7, 11) is 1.61. The highest BCUT2D eigenvalue weighted by atomic mass is 35.5. The zero-order valence-corrected chi connectivity index (χ0v) is 8.32. The van der Waals surface area contributed by atoms with Crippen molar-refractivity contribution < 1.29 is 4.79 Å². The standard InChI is InChI=1S/C9H8ClN3O/c1-3-4-13(2)8(14)7-5-11-9(10)12-6-7/h1,5-6H,4H2,2H3. The summed E-state index contributed by atoms with van der Waals surface area (Å²) >= 11 is 5.48. The van der Waals surface area contributed by atoms with Gasteiger partial charge in [-0.15, -0.1) is 6.42 Å². The maximum atomic E-state index is 11.6. The van der Waals surface area contributed by atoms with E-state index in [2.05, 4.69) is 15.9 Å². The molecule has 0 aliphatic heterocycles. The number of hydrogen-bond donors (Lipinski definition) is 0. The molecule has 1 amide bonds. The molecule has 1 heterocycles. The molecule has 1 aromatic heterocycles. The number of carbonyl (C=O) groups excluding carboxylic acids is 1. The molecular formula is C9H8ClN3O. The van der Waals surface area contributed by atoms with E-state index >= 15 is 0 Å². The predicted molar refractivity (Wildman–Crippen MR) is 52.8 cm³/mol. The van der Waals surface area contributed by atoms with Crippen molar-refractivity contribution in [3.63, 3.8) is 0 Å². The fraction of sp³-hybridized carbons (Fsp3) is 0.222. The molecule has 0 aromatic carbocycles. The molecule has 14 heavy (non-hydrogen) atoms. The van der Waals surface area contributed by atoms with Gasteiger partial charge in [0.15, 0.2) is 0 Å². The smallest absolute Gasteiger partial charge is 0.257 e. The van der Waals surface area contributed by atoms with Crippen molar-refractivity contribution in [2.24, 2.45) is 0 Å². The molecule has 0 atom stereocenters. The van der Waals surface area contributed by atoms with E-state index in [1.165, 1.54) is 17.3 Å². The van der Waals surface area contributed by atoms with Gasteiger partial charge in [0.2, 0.25) is 5.28 Å². The monoisotopic (exact) mass is 209 g/mol. The van der Waals surface area contributed by atoms with Gasteiger partial charge in [0, 0.05) is 19.4 Å². The van der Waals surface area contributed by atoms with Crippen molar-refractivity contribution in [1.29, 1.82) is 0 Å². The van der Waals surface area contributed by atoms with Gasteiger partial charge >= 0.3 is 0 Å². The lowest BCUT2D eigenvalue weighted by molar-refractivity contribution is 0.0812. The molecule has 0 bridgehead atoms. The van der Waals surface area contributed by atoms with Crippen molar-refractivity contribution in [2.75, 3.05) is 13.6 Å². The van der Waals surface area contributed by atoms with Crippen LogP contribution in [0, 0.1) is 12.3 Å². The minimum absolute atomic E-state index is 0.112. The summed E-state index contributed by atoms with van der Waals surface area (Å²) in [6, 6.07) is 0. The highest BCUT2D eigenvalue weighted by molar-refractivity contribution is 6.28. The topological polar surface area (TPSA) is 46.1 Å². The van der Waals surface area contributed by atoms with Crippen molar-refractivity contribution >= 4 is 17.5 Å². The summed E-state index contributed by atoms with van der Waals surface area (Å²) in [4.78, 5) is 20.3. The minimum atomic E-state index is -0.223. The van der Waals surface area contributed by atoms with E-state index in [9.17, 15) is 4.79 Å². The zero-order chi connectivity index (χ0) is 10.6. The maximum Gasteiger partial charge on any atom is 0.257 e. The Morgan fingerprint density at radius 3 is 2.71 bits per heavy atom. The van der Waals surface area contributed by atoms with Crippen LogP contribution in [0.2, 0.25) is 5.28 Å². The fourth-order valence-corrected chi connectivity index (χ4v) is 0.949. The molecule has 72 valence electrons. The van der Waals surface area contributed by atoms with Crippen molar-refractivity contribution in [2.45, 2.75) is 0 Å².